The zero-order valence-electron chi connectivity index (χ0n) is 16.8. The predicted molar refractivity (Wildman–Crippen MR) is 102 cm³/mol. The number of carbonyl (C=O) groups excluding carboxylic acids is 1. The van der Waals surface area contributed by atoms with Crippen LogP contribution in [0.25, 0.3) is 0 Å². The maximum Gasteiger partial charge on any atom is 0.207 e. The molecule has 6 heteroatoms. The number of fused-ring (bicyclic) bond motifs is 5. The Balaban J connectivity index is 1.32. The average Bonchev–Trinajstić information content (AvgIpc) is 3.27. The predicted octanol–water partition coefficient (Wildman–Crippen LogP) is 3.77. The van der Waals surface area contributed by atoms with Crippen LogP contribution in [0.15, 0.2) is 12.4 Å². The smallest absolute Gasteiger partial charge is 0.207 e. The van der Waals surface area contributed by atoms with E-state index in [2.05, 4.69) is 17.1 Å². The Morgan fingerprint density at radius 1 is 1.07 bits per heavy atom. The highest BCUT2D eigenvalue weighted by atomic mass is 19.2. The van der Waals surface area contributed by atoms with Crippen molar-refractivity contribution in [2.24, 2.45) is 40.9 Å². The highest BCUT2D eigenvalue weighted by Crippen LogP contribution is 2.64. The number of hydrogen-bond donors (Lipinski definition) is 1. The molecule has 0 unspecified atom stereocenters. The van der Waals surface area contributed by atoms with Crippen molar-refractivity contribution in [3.8, 4) is 0 Å². The fourth-order valence-corrected chi connectivity index (χ4v) is 7.93. The Morgan fingerprint density at radius 3 is 2.61 bits per heavy atom. The summed E-state index contributed by atoms with van der Waals surface area (Å²) in [5.74, 6) is 1.32. The molecule has 4 aliphatic carbocycles. The van der Waals surface area contributed by atoms with E-state index in [1.807, 2.05) is 0 Å². The number of alkyl halides is 1. The second-order valence-corrected chi connectivity index (χ2v) is 10.3. The first-order valence-corrected chi connectivity index (χ1v) is 11.2. The quantitative estimate of drug-likeness (QED) is 0.854. The molecule has 0 bridgehead atoms. The third-order valence-corrected chi connectivity index (χ3v) is 9.11. The van der Waals surface area contributed by atoms with Crippen LogP contribution in [0, 0.1) is 40.9 Å². The molecule has 1 heterocycles. The van der Waals surface area contributed by atoms with Gasteiger partial charge in [0.25, 0.3) is 0 Å². The van der Waals surface area contributed by atoms with Gasteiger partial charge in [0.15, 0.2) is 5.78 Å². The normalized spacial score (nSPS) is 47.8. The van der Waals surface area contributed by atoms with Crippen molar-refractivity contribution < 1.29 is 14.3 Å². The molecule has 0 aliphatic heterocycles. The molecule has 1 N–H and O–H groups in total. The molecule has 5 nitrogen and oxygen atoms in total. The minimum absolute atomic E-state index is 0.0910. The van der Waals surface area contributed by atoms with Crippen LogP contribution in [0.3, 0.4) is 0 Å². The second kappa shape index (κ2) is 6.61. The van der Waals surface area contributed by atoms with Gasteiger partial charge in [-0.15, -0.1) is 0 Å². The summed E-state index contributed by atoms with van der Waals surface area (Å²) in [6.07, 6.45) is 11.3. The summed E-state index contributed by atoms with van der Waals surface area (Å²) in [6.45, 7) is 2.64. The van der Waals surface area contributed by atoms with E-state index in [1.54, 1.807) is 12.4 Å². The minimum Gasteiger partial charge on any atom is -0.362 e. The molecular weight excluding hydrogens is 357 g/mol. The number of rotatable bonds is 3. The second-order valence-electron chi connectivity index (χ2n) is 10.3. The molecule has 1 aromatic heterocycles. The Morgan fingerprint density at radius 2 is 1.82 bits per heavy atom. The van der Waals surface area contributed by atoms with Crippen LogP contribution < -0.4 is 0 Å². The summed E-state index contributed by atoms with van der Waals surface area (Å²) in [7, 11) is 0. The van der Waals surface area contributed by atoms with Gasteiger partial charge < -0.3 is 5.11 Å². The Hall–Kier alpha value is -1.30. The minimum atomic E-state index is -1.94. The van der Waals surface area contributed by atoms with E-state index in [9.17, 15) is 14.3 Å². The molecule has 5 rings (SSSR count). The molecule has 154 valence electrons. The van der Waals surface area contributed by atoms with E-state index in [0.717, 1.165) is 44.9 Å². The van der Waals surface area contributed by atoms with Crippen LogP contribution in [0.4, 0.5) is 4.39 Å². The molecule has 1 aromatic rings. The van der Waals surface area contributed by atoms with Crippen LogP contribution in [0.1, 0.15) is 64.7 Å². The molecule has 0 saturated heterocycles. The zero-order chi connectivity index (χ0) is 19.5. The number of nitrogens with zero attached hydrogens (tertiary/aromatic N) is 3. The molecule has 28 heavy (non-hydrogen) atoms. The molecular formula is C22H32FN3O2. The SMILES string of the molecule is C[C@]12CC[C@H]3[C@@H](CC[C@H]4C[C@@](O)(F)CC[C@@H]43)[C@@H]1CC[C@@H]2C(=O)Cn1nccn1. The largest absolute Gasteiger partial charge is 0.362 e. The standard InChI is InChI=1S/C22H32FN3O2/c1-21-8-6-16-15-7-9-22(23,28)12-14(15)2-3-17(16)18(21)4-5-19(21)20(27)13-26-24-10-11-25-26/h10-11,14-19,28H,2-9,12-13H2,1H3/t14-,15-,16+,17+,18-,19+,21-,22+/m0/s1. The van der Waals surface area contributed by atoms with Crippen molar-refractivity contribution in [3.05, 3.63) is 12.4 Å². The fraction of sp³-hybridized carbons (Fsp3) is 0.864. The van der Waals surface area contributed by atoms with Crippen molar-refractivity contribution in [2.75, 3.05) is 0 Å². The fourth-order valence-electron chi connectivity index (χ4n) is 7.93. The van der Waals surface area contributed by atoms with E-state index in [1.165, 1.54) is 4.80 Å². The van der Waals surface area contributed by atoms with Crippen molar-refractivity contribution in [1.29, 1.82) is 0 Å². The van der Waals surface area contributed by atoms with Gasteiger partial charge in [0.05, 0.1) is 12.4 Å². The van der Waals surface area contributed by atoms with Gasteiger partial charge in [0.1, 0.15) is 6.54 Å². The van der Waals surface area contributed by atoms with Crippen molar-refractivity contribution in [3.63, 3.8) is 0 Å². The number of aliphatic hydroxyl groups is 1. The summed E-state index contributed by atoms with van der Waals surface area (Å²) >= 11 is 0. The van der Waals surface area contributed by atoms with Gasteiger partial charge in [-0.25, -0.2) is 4.39 Å². The van der Waals surface area contributed by atoms with E-state index in [4.69, 9.17) is 0 Å². The summed E-state index contributed by atoms with van der Waals surface area (Å²) in [6, 6.07) is 0. The molecule has 4 aliphatic rings. The zero-order valence-corrected chi connectivity index (χ0v) is 16.8. The summed E-state index contributed by atoms with van der Waals surface area (Å²) in [5, 5.41) is 18.1. The Kier molecular flexibility index (Phi) is 4.42. The van der Waals surface area contributed by atoms with Gasteiger partial charge >= 0.3 is 0 Å². The first kappa shape index (κ1) is 18.7. The molecule has 0 spiro atoms. The van der Waals surface area contributed by atoms with Crippen LogP contribution in [0.2, 0.25) is 0 Å². The number of aromatic nitrogens is 3. The van der Waals surface area contributed by atoms with Crippen molar-refractivity contribution >= 4 is 5.78 Å². The van der Waals surface area contributed by atoms with Gasteiger partial charge in [0.2, 0.25) is 5.85 Å². The Labute approximate surface area is 166 Å². The number of hydrogen-bond acceptors (Lipinski definition) is 4. The maximum absolute atomic E-state index is 14.1. The average molecular weight is 390 g/mol. The lowest BCUT2D eigenvalue weighted by molar-refractivity contribution is -0.165. The lowest BCUT2D eigenvalue weighted by Crippen LogP contribution is -2.51. The highest BCUT2D eigenvalue weighted by molar-refractivity contribution is 5.81. The summed E-state index contributed by atoms with van der Waals surface area (Å²) < 4.78 is 14.1. The lowest BCUT2D eigenvalue weighted by Gasteiger charge is -2.56. The van der Waals surface area contributed by atoms with Crippen LogP contribution in [0.5, 0.6) is 0 Å². The third kappa shape index (κ3) is 2.94. The van der Waals surface area contributed by atoms with E-state index in [-0.39, 0.29) is 23.7 Å². The monoisotopic (exact) mass is 389 g/mol. The molecule has 8 atom stereocenters. The van der Waals surface area contributed by atoms with Gasteiger partial charge in [-0.3, -0.25) is 4.79 Å². The van der Waals surface area contributed by atoms with Crippen molar-refractivity contribution in [2.45, 2.75) is 77.1 Å². The van der Waals surface area contributed by atoms with E-state index in [0.29, 0.717) is 42.4 Å². The number of carbonyl (C=O) groups is 1. The number of ketones is 1. The number of halogens is 1. The van der Waals surface area contributed by atoms with Crippen LogP contribution in [-0.2, 0) is 11.3 Å². The molecule has 0 aromatic carbocycles. The maximum atomic E-state index is 14.1. The molecule has 0 amide bonds. The topological polar surface area (TPSA) is 68.0 Å². The van der Waals surface area contributed by atoms with Crippen LogP contribution in [-0.4, -0.2) is 31.7 Å². The third-order valence-electron chi connectivity index (χ3n) is 9.11. The van der Waals surface area contributed by atoms with Gasteiger partial charge in [-0.1, -0.05) is 6.92 Å². The highest BCUT2D eigenvalue weighted by Gasteiger charge is 2.59. The first-order valence-electron chi connectivity index (χ1n) is 11.2. The van der Waals surface area contributed by atoms with Gasteiger partial charge in [-0.2, -0.15) is 15.0 Å². The molecule has 0 radical (unpaired) electrons. The molecule has 4 fully saturated rings. The van der Waals surface area contributed by atoms with E-state index < -0.39 is 5.85 Å². The first-order chi connectivity index (χ1) is 13.4. The van der Waals surface area contributed by atoms with Gasteiger partial charge in [-0.05, 0) is 80.0 Å². The van der Waals surface area contributed by atoms with Crippen LogP contribution >= 0.6 is 0 Å². The number of Topliss-reactive ketones (excluding diaryl/α,β-unsaturated/α-hetero) is 1. The van der Waals surface area contributed by atoms with E-state index >= 15 is 0 Å². The van der Waals surface area contributed by atoms with Crippen molar-refractivity contribution in [1.82, 2.24) is 15.0 Å². The summed E-state index contributed by atoms with van der Waals surface area (Å²) in [5.41, 5.74) is 0.0910. The molecule has 4 saturated carbocycles. The lowest BCUT2D eigenvalue weighted by atomic mass is 9.49. The Bertz CT molecular complexity index is 736. The summed E-state index contributed by atoms with van der Waals surface area (Å²) in [4.78, 5) is 14.6. The van der Waals surface area contributed by atoms with Gasteiger partial charge in [0, 0.05) is 18.8 Å².